The van der Waals surface area contributed by atoms with Crippen molar-refractivity contribution in [1.82, 2.24) is 10.3 Å². The van der Waals surface area contributed by atoms with E-state index in [9.17, 15) is 4.39 Å². The summed E-state index contributed by atoms with van der Waals surface area (Å²) in [5.41, 5.74) is 1.57. The average molecular weight is 196 g/mol. The van der Waals surface area contributed by atoms with E-state index in [4.69, 9.17) is 4.74 Å². The van der Waals surface area contributed by atoms with E-state index in [1.165, 1.54) is 6.20 Å². The number of aryl methyl sites for hydroxylation is 1. The molecule has 1 aliphatic heterocycles. The zero-order valence-electron chi connectivity index (χ0n) is 8.09. The summed E-state index contributed by atoms with van der Waals surface area (Å²) >= 11 is 0. The van der Waals surface area contributed by atoms with Gasteiger partial charge < -0.3 is 10.1 Å². The van der Waals surface area contributed by atoms with Gasteiger partial charge in [0.2, 0.25) is 5.95 Å². The molecule has 1 aromatic heterocycles. The first-order valence-corrected chi connectivity index (χ1v) is 4.70. The van der Waals surface area contributed by atoms with Crippen LogP contribution in [0.3, 0.4) is 0 Å². The predicted octanol–water partition coefficient (Wildman–Crippen LogP) is 1.19. The van der Waals surface area contributed by atoms with Gasteiger partial charge in [0.1, 0.15) is 0 Å². The summed E-state index contributed by atoms with van der Waals surface area (Å²) in [5, 5.41) is 3.20. The molecule has 14 heavy (non-hydrogen) atoms. The zero-order valence-corrected chi connectivity index (χ0v) is 8.09. The molecule has 3 nitrogen and oxygen atoms in total. The molecule has 0 radical (unpaired) electrons. The normalized spacial score (nSPS) is 22.3. The van der Waals surface area contributed by atoms with Crippen LogP contribution in [-0.2, 0) is 4.74 Å². The minimum Gasteiger partial charge on any atom is -0.378 e. The Hall–Kier alpha value is -1.00. The fourth-order valence-electron chi connectivity index (χ4n) is 1.58. The number of hydrogen-bond donors (Lipinski definition) is 1. The average Bonchev–Trinajstić information content (AvgIpc) is 2.23. The van der Waals surface area contributed by atoms with E-state index >= 15 is 0 Å². The third-order valence-corrected chi connectivity index (χ3v) is 2.30. The lowest BCUT2D eigenvalue weighted by Crippen LogP contribution is -2.35. The molecule has 1 aliphatic rings. The largest absolute Gasteiger partial charge is 0.378 e. The van der Waals surface area contributed by atoms with Crippen molar-refractivity contribution in [2.45, 2.75) is 13.0 Å². The van der Waals surface area contributed by atoms with Gasteiger partial charge in [0.05, 0.1) is 19.3 Å². The summed E-state index contributed by atoms with van der Waals surface area (Å²) < 4.78 is 18.6. The second kappa shape index (κ2) is 4.02. The van der Waals surface area contributed by atoms with Crippen molar-refractivity contribution in [1.29, 1.82) is 0 Å². The Morgan fingerprint density at radius 3 is 3.21 bits per heavy atom. The predicted molar refractivity (Wildman–Crippen MR) is 50.5 cm³/mol. The van der Waals surface area contributed by atoms with E-state index in [0.717, 1.165) is 12.1 Å². The quantitative estimate of drug-likeness (QED) is 0.685. The van der Waals surface area contributed by atoms with E-state index < -0.39 is 5.95 Å². The number of nitrogens with zero attached hydrogens (tertiary/aromatic N) is 1. The third-order valence-electron chi connectivity index (χ3n) is 2.30. The van der Waals surface area contributed by atoms with Crippen molar-refractivity contribution in [2.24, 2.45) is 0 Å². The SMILES string of the molecule is Cc1cnc(F)c([C@@H]2COCCN2)c1. The molecule has 0 aromatic carbocycles. The van der Waals surface area contributed by atoms with E-state index in [1.54, 1.807) is 0 Å². The maximum absolute atomic E-state index is 13.3. The summed E-state index contributed by atoms with van der Waals surface area (Å²) in [7, 11) is 0. The first-order valence-electron chi connectivity index (χ1n) is 4.70. The van der Waals surface area contributed by atoms with Crippen LogP contribution in [0.15, 0.2) is 12.3 Å². The molecule has 1 aromatic rings. The van der Waals surface area contributed by atoms with Gasteiger partial charge in [0.25, 0.3) is 0 Å². The van der Waals surface area contributed by atoms with Crippen molar-refractivity contribution in [2.75, 3.05) is 19.8 Å². The lowest BCUT2D eigenvalue weighted by Gasteiger charge is -2.24. The van der Waals surface area contributed by atoms with Gasteiger partial charge in [-0.1, -0.05) is 0 Å². The first kappa shape index (κ1) is 9.55. The fourth-order valence-corrected chi connectivity index (χ4v) is 1.58. The van der Waals surface area contributed by atoms with Crippen LogP contribution in [0, 0.1) is 12.9 Å². The van der Waals surface area contributed by atoms with Gasteiger partial charge in [-0.2, -0.15) is 4.39 Å². The van der Waals surface area contributed by atoms with Gasteiger partial charge in [-0.3, -0.25) is 0 Å². The minimum absolute atomic E-state index is 0.0591. The number of nitrogens with one attached hydrogen (secondary N) is 1. The van der Waals surface area contributed by atoms with E-state index in [2.05, 4.69) is 10.3 Å². The molecule has 0 spiro atoms. The highest BCUT2D eigenvalue weighted by Gasteiger charge is 2.19. The molecule has 0 bridgehead atoms. The van der Waals surface area contributed by atoms with Crippen LogP contribution in [0.4, 0.5) is 4.39 Å². The smallest absolute Gasteiger partial charge is 0.217 e. The second-order valence-corrected chi connectivity index (χ2v) is 3.47. The molecule has 1 saturated heterocycles. The number of aromatic nitrogens is 1. The molecule has 76 valence electrons. The maximum Gasteiger partial charge on any atom is 0.217 e. The Labute approximate surface area is 82.3 Å². The molecule has 0 saturated carbocycles. The van der Waals surface area contributed by atoms with Gasteiger partial charge in [0.15, 0.2) is 0 Å². The van der Waals surface area contributed by atoms with Gasteiger partial charge in [-0.25, -0.2) is 4.98 Å². The van der Waals surface area contributed by atoms with Gasteiger partial charge >= 0.3 is 0 Å². The van der Waals surface area contributed by atoms with Crippen molar-refractivity contribution in [3.63, 3.8) is 0 Å². The number of halogens is 1. The topological polar surface area (TPSA) is 34.1 Å². The van der Waals surface area contributed by atoms with Crippen molar-refractivity contribution in [3.05, 3.63) is 29.3 Å². The molecule has 0 unspecified atom stereocenters. The highest BCUT2D eigenvalue weighted by Crippen LogP contribution is 2.18. The second-order valence-electron chi connectivity index (χ2n) is 3.47. The molecule has 2 heterocycles. The van der Waals surface area contributed by atoms with Crippen LogP contribution >= 0.6 is 0 Å². The number of ether oxygens (including phenoxy) is 1. The van der Waals surface area contributed by atoms with Crippen LogP contribution in [0.25, 0.3) is 0 Å². The Morgan fingerprint density at radius 1 is 1.64 bits per heavy atom. The van der Waals surface area contributed by atoms with Crippen LogP contribution in [0.2, 0.25) is 0 Å². The summed E-state index contributed by atoms with van der Waals surface area (Å²) in [6.45, 7) is 3.87. The third kappa shape index (κ3) is 1.91. The first-order chi connectivity index (χ1) is 6.77. The Balaban J connectivity index is 2.24. The monoisotopic (exact) mass is 196 g/mol. The van der Waals surface area contributed by atoms with Crippen LogP contribution < -0.4 is 5.32 Å². The molecule has 0 amide bonds. The lowest BCUT2D eigenvalue weighted by atomic mass is 10.1. The number of hydrogen-bond acceptors (Lipinski definition) is 3. The Kier molecular flexibility index (Phi) is 2.74. The van der Waals surface area contributed by atoms with E-state index in [1.807, 2.05) is 13.0 Å². The van der Waals surface area contributed by atoms with E-state index in [0.29, 0.717) is 18.8 Å². The Morgan fingerprint density at radius 2 is 2.50 bits per heavy atom. The van der Waals surface area contributed by atoms with Crippen LogP contribution in [-0.4, -0.2) is 24.7 Å². The molecule has 4 heteroatoms. The zero-order chi connectivity index (χ0) is 9.97. The molecule has 2 rings (SSSR count). The standard InChI is InChI=1S/C10H13FN2O/c1-7-4-8(10(11)13-5-7)9-6-14-3-2-12-9/h4-5,9,12H,2-3,6H2,1H3/t9-/m0/s1. The minimum atomic E-state index is -0.404. The maximum atomic E-state index is 13.3. The molecular formula is C10H13FN2O. The van der Waals surface area contributed by atoms with Crippen molar-refractivity contribution >= 4 is 0 Å². The molecular weight excluding hydrogens is 183 g/mol. The molecule has 0 aliphatic carbocycles. The molecule has 1 N–H and O–H groups in total. The van der Waals surface area contributed by atoms with Crippen LogP contribution in [0.5, 0.6) is 0 Å². The number of rotatable bonds is 1. The summed E-state index contributed by atoms with van der Waals surface area (Å²) in [6.07, 6.45) is 1.53. The summed E-state index contributed by atoms with van der Waals surface area (Å²) in [4.78, 5) is 3.69. The Bertz CT molecular complexity index is 324. The highest BCUT2D eigenvalue weighted by atomic mass is 19.1. The van der Waals surface area contributed by atoms with Crippen LogP contribution in [0.1, 0.15) is 17.2 Å². The number of morpholine rings is 1. The fraction of sp³-hybridized carbons (Fsp3) is 0.500. The van der Waals surface area contributed by atoms with Crippen molar-refractivity contribution in [3.8, 4) is 0 Å². The highest BCUT2D eigenvalue weighted by molar-refractivity contribution is 5.22. The molecule has 1 fully saturated rings. The summed E-state index contributed by atoms with van der Waals surface area (Å²) in [5.74, 6) is -0.404. The van der Waals surface area contributed by atoms with Gasteiger partial charge in [-0.15, -0.1) is 0 Å². The van der Waals surface area contributed by atoms with Gasteiger partial charge in [0, 0.05) is 18.3 Å². The summed E-state index contributed by atoms with van der Waals surface area (Å²) in [6, 6.07) is 1.76. The van der Waals surface area contributed by atoms with Gasteiger partial charge in [-0.05, 0) is 18.6 Å². The molecule has 1 atom stereocenters. The van der Waals surface area contributed by atoms with E-state index in [-0.39, 0.29) is 6.04 Å². The van der Waals surface area contributed by atoms with Crippen molar-refractivity contribution < 1.29 is 9.13 Å². The lowest BCUT2D eigenvalue weighted by molar-refractivity contribution is 0.0755. The number of pyridine rings is 1.